The fourth-order valence-corrected chi connectivity index (χ4v) is 0.924. The van der Waals surface area contributed by atoms with Crippen molar-refractivity contribution in [2.45, 2.75) is 18.9 Å². The zero-order valence-corrected chi connectivity index (χ0v) is 6.25. The van der Waals surface area contributed by atoms with Crippen LogP contribution in [0.4, 0.5) is 0 Å². The third-order valence-electron chi connectivity index (χ3n) is 1.70. The monoisotopic (exact) mass is 143 g/mol. The Hall–Kier alpha value is -0.570. The van der Waals surface area contributed by atoms with Crippen molar-refractivity contribution < 1.29 is 9.53 Å². The third-order valence-corrected chi connectivity index (χ3v) is 1.70. The number of hydrogen-bond donors (Lipinski definition) is 0. The second-order valence-corrected chi connectivity index (χ2v) is 2.57. The average molecular weight is 143 g/mol. The molecule has 0 spiro atoms. The first-order chi connectivity index (χ1) is 4.88. The molecule has 0 N–H and O–H groups in total. The summed E-state index contributed by atoms with van der Waals surface area (Å²) in [4.78, 5) is 12.2. The minimum Gasteiger partial charge on any atom is -0.383 e. The van der Waals surface area contributed by atoms with Gasteiger partial charge in [-0.15, -0.1) is 0 Å². The normalized spacial score (nSPS) is 16.9. The zero-order chi connectivity index (χ0) is 7.40. The lowest BCUT2D eigenvalue weighted by atomic mass is 10.5. The number of nitrogens with zero attached hydrogens (tertiary/aromatic N) is 1. The van der Waals surface area contributed by atoms with Crippen molar-refractivity contribution in [3.63, 3.8) is 0 Å². The second-order valence-electron chi connectivity index (χ2n) is 2.57. The van der Waals surface area contributed by atoms with Gasteiger partial charge in [0.05, 0.1) is 6.61 Å². The van der Waals surface area contributed by atoms with Crippen LogP contribution in [0.3, 0.4) is 0 Å². The van der Waals surface area contributed by atoms with E-state index in [1.165, 1.54) is 12.8 Å². The van der Waals surface area contributed by atoms with Gasteiger partial charge in [-0.1, -0.05) is 0 Å². The van der Waals surface area contributed by atoms with Crippen LogP contribution in [0.1, 0.15) is 12.8 Å². The average Bonchev–Trinajstić information content (AvgIpc) is 2.73. The number of carbonyl (C=O) groups excluding carboxylic acids is 1. The maximum atomic E-state index is 10.4. The summed E-state index contributed by atoms with van der Waals surface area (Å²) in [5.74, 6) is 0. The molecule has 3 heteroatoms. The molecule has 0 unspecified atom stereocenters. The van der Waals surface area contributed by atoms with Crippen molar-refractivity contribution in [3.8, 4) is 0 Å². The molecule has 3 nitrogen and oxygen atoms in total. The molecule has 0 heterocycles. The van der Waals surface area contributed by atoms with E-state index in [2.05, 4.69) is 0 Å². The maximum Gasteiger partial charge on any atom is 0.210 e. The van der Waals surface area contributed by atoms with Gasteiger partial charge >= 0.3 is 0 Å². The van der Waals surface area contributed by atoms with Crippen molar-refractivity contribution >= 4 is 6.41 Å². The van der Waals surface area contributed by atoms with Crippen molar-refractivity contribution in [2.24, 2.45) is 0 Å². The van der Waals surface area contributed by atoms with E-state index in [1.54, 1.807) is 7.11 Å². The van der Waals surface area contributed by atoms with Gasteiger partial charge in [-0.25, -0.2) is 0 Å². The SMILES string of the molecule is COCCN(C=O)C1CC1. The molecule has 0 aliphatic heterocycles. The fraction of sp³-hybridized carbons (Fsp3) is 0.857. The van der Waals surface area contributed by atoms with Crippen molar-refractivity contribution in [2.75, 3.05) is 20.3 Å². The van der Waals surface area contributed by atoms with Gasteiger partial charge < -0.3 is 9.64 Å². The van der Waals surface area contributed by atoms with Gasteiger partial charge in [-0.2, -0.15) is 0 Å². The van der Waals surface area contributed by atoms with Gasteiger partial charge in [0.1, 0.15) is 0 Å². The highest BCUT2D eigenvalue weighted by Gasteiger charge is 2.27. The molecule has 58 valence electrons. The minimum atomic E-state index is 0.521. The van der Waals surface area contributed by atoms with Gasteiger partial charge in [-0.05, 0) is 12.8 Å². The van der Waals surface area contributed by atoms with Gasteiger partial charge in [0, 0.05) is 19.7 Å². The van der Waals surface area contributed by atoms with Gasteiger partial charge in [-0.3, -0.25) is 4.79 Å². The lowest BCUT2D eigenvalue weighted by molar-refractivity contribution is -0.119. The zero-order valence-electron chi connectivity index (χ0n) is 6.25. The standard InChI is InChI=1S/C7H13NO2/c1-10-5-4-8(6-9)7-2-3-7/h6-7H,2-5H2,1H3. The Morgan fingerprint density at radius 1 is 1.70 bits per heavy atom. The molecule has 0 bridgehead atoms. The molecule has 0 aromatic rings. The molecule has 0 aromatic heterocycles. The summed E-state index contributed by atoms with van der Waals surface area (Å²) >= 11 is 0. The van der Waals surface area contributed by atoms with E-state index in [9.17, 15) is 4.79 Å². The third kappa shape index (κ3) is 1.99. The largest absolute Gasteiger partial charge is 0.383 e. The summed E-state index contributed by atoms with van der Waals surface area (Å²) in [5.41, 5.74) is 0. The molecule has 0 aromatic carbocycles. The quantitative estimate of drug-likeness (QED) is 0.516. The Morgan fingerprint density at radius 2 is 2.40 bits per heavy atom. The highest BCUT2D eigenvalue weighted by molar-refractivity contribution is 5.48. The summed E-state index contributed by atoms with van der Waals surface area (Å²) in [6, 6.07) is 0.521. The number of carbonyl (C=O) groups is 1. The van der Waals surface area contributed by atoms with Crippen LogP contribution in [-0.4, -0.2) is 37.6 Å². The summed E-state index contributed by atoms with van der Waals surface area (Å²) < 4.78 is 4.85. The predicted octanol–water partition coefficient (Wildman–Crippen LogP) is 0.254. The Labute approximate surface area is 61.0 Å². The molecule has 1 amide bonds. The van der Waals surface area contributed by atoms with Gasteiger partial charge in [0.2, 0.25) is 6.41 Å². The van der Waals surface area contributed by atoms with E-state index in [1.807, 2.05) is 4.90 Å². The predicted molar refractivity (Wildman–Crippen MR) is 37.7 cm³/mol. The van der Waals surface area contributed by atoms with E-state index in [4.69, 9.17) is 4.74 Å². The highest BCUT2D eigenvalue weighted by Crippen LogP contribution is 2.24. The molecule has 0 atom stereocenters. The van der Waals surface area contributed by atoms with Crippen LogP contribution in [0.25, 0.3) is 0 Å². The molecular formula is C7H13NO2. The first-order valence-corrected chi connectivity index (χ1v) is 3.58. The number of hydrogen-bond acceptors (Lipinski definition) is 2. The Balaban J connectivity index is 2.12. The molecular weight excluding hydrogens is 130 g/mol. The van der Waals surface area contributed by atoms with Crippen molar-refractivity contribution in [1.82, 2.24) is 4.90 Å². The Morgan fingerprint density at radius 3 is 2.80 bits per heavy atom. The van der Waals surface area contributed by atoms with E-state index < -0.39 is 0 Å². The summed E-state index contributed by atoms with van der Waals surface area (Å²) in [6.45, 7) is 1.39. The lowest BCUT2D eigenvalue weighted by Gasteiger charge is -2.14. The second kappa shape index (κ2) is 3.56. The maximum absolute atomic E-state index is 10.4. The first-order valence-electron chi connectivity index (χ1n) is 3.58. The van der Waals surface area contributed by atoms with Crippen LogP contribution in [0, 0.1) is 0 Å². The summed E-state index contributed by atoms with van der Waals surface area (Å²) in [6.07, 6.45) is 3.25. The van der Waals surface area contributed by atoms with Crippen LogP contribution in [0.2, 0.25) is 0 Å². The first kappa shape index (κ1) is 7.54. The topological polar surface area (TPSA) is 29.5 Å². The van der Waals surface area contributed by atoms with Crippen LogP contribution < -0.4 is 0 Å². The van der Waals surface area contributed by atoms with Crippen LogP contribution >= 0.6 is 0 Å². The van der Waals surface area contributed by atoms with Gasteiger partial charge in [0.15, 0.2) is 0 Å². The van der Waals surface area contributed by atoms with Crippen LogP contribution in [0.15, 0.2) is 0 Å². The molecule has 1 aliphatic rings. The molecule has 10 heavy (non-hydrogen) atoms. The summed E-state index contributed by atoms with van der Waals surface area (Å²) in [5, 5.41) is 0. The minimum absolute atomic E-state index is 0.521. The van der Waals surface area contributed by atoms with Crippen molar-refractivity contribution in [3.05, 3.63) is 0 Å². The van der Waals surface area contributed by atoms with E-state index in [0.29, 0.717) is 12.6 Å². The number of ether oxygens (including phenoxy) is 1. The van der Waals surface area contributed by atoms with Crippen LogP contribution in [0.5, 0.6) is 0 Å². The van der Waals surface area contributed by atoms with Gasteiger partial charge in [0.25, 0.3) is 0 Å². The number of amides is 1. The molecule has 1 fully saturated rings. The molecule has 0 saturated heterocycles. The molecule has 1 aliphatic carbocycles. The van der Waals surface area contributed by atoms with E-state index >= 15 is 0 Å². The van der Waals surface area contributed by atoms with Crippen molar-refractivity contribution in [1.29, 1.82) is 0 Å². The van der Waals surface area contributed by atoms with Crippen LogP contribution in [-0.2, 0) is 9.53 Å². The number of methoxy groups -OCH3 is 1. The Bertz CT molecular complexity index is 112. The molecule has 1 rings (SSSR count). The Kier molecular flexibility index (Phi) is 2.68. The van der Waals surface area contributed by atoms with E-state index in [-0.39, 0.29) is 0 Å². The lowest BCUT2D eigenvalue weighted by Crippen LogP contribution is -2.27. The smallest absolute Gasteiger partial charge is 0.210 e. The highest BCUT2D eigenvalue weighted by atomic mass is 16.5. The van der Waals surface area contributed by atoms with E-state index in [0.717, 1.165) is 13.0 Å². The molecule has 0 radical (unpaired) electrons. The molecule has 1 saturated carbocycles. The summed E-state index contributed by atoms with van der Waals surface area (Å²) in [7, 11) is 1.65. The number of rotatable bonds is 5. The fourth-order valence-electron chi connectivity index (χ4n) is 0.924.